The van der Waals surface area contributed by atoms with Gasteiger partial charge in [0, 0.05) is 43.5 Å². The quantitative estimate of drug-likeness (QED) is 0.788. The molecule has 2 heterocycles. The molecule has 136 valence electrons. The third kappa shape index (κ3) is 5.37. The van der Waals surface area contributed by atoms with E-state index >= 15 is 0 Å². The molecule has 0 spiro atoms. The lowest BCUT2D eigenvalue weighted by Crippen LogP contribution is -2.35. The first-order valence-corrected chi connectivity index (χ1v) is 9.40. The number of hydrogen-bond donors (Lipinski definition) is 3. The number of urea groups is 1. The van der Waals surface area contributed by atoms with Crippen molar-refractivity contribution in [3.8, 4) is 0 Å². The van der Waals surface area contributed by atoms with Crippen molar-refractivity contribution in [3.05, 3.63) is 24.3 Å². The molecule has 0 radical (unpaired) electrons. The molecule has 2 saturated heterocycles. The number of likely N-dealkylation sites (tertiary alicyclic amines) is 1. The molecule has 1 aromatic rings. The van der Waals surface area contributed by atoms with E-state index in [0.717, 1.165) is 56.7 Å². The predicted molar refractivity (Wildman–Crippen MR) is 99.8 cm³/mol. The number of carbonyl (C=O) groups excluding carboxylic acids is 2. The fraction of sp³-hybridized carbons (Fsp3) is 0.579. The Labute approximate surface area is 149 Å². The summed E-state index contributed by atoms with van der Waals surface area (Å²) < 4.78 is 0. The van der Waals surface area contributed by atoms with Gasteiger partial charge in [0.15, 0.2) is 0 Å². The first-order valence-electron chi connectivity index (χ1n) is 9.40. The van der Waals surface area contributed by atoms with E-state index < -0.39 is 0 Å². The standard InChI is InChI=1S/C19H28N4O2/c24-18-10-9-17(11-12-20-18)21-15-5-7-16(8-6-15)22-19(25)23-13-3-1-2-4-14-23/h5-8,17,21H,1-4,9-14H2,(H,20,24)(H,22,25). The van der Waals surface area contributed by atoms with Gasteiger partial charge in [0.1, 0.15) is 0 Å². The van der Waals surface area contributed by atoms with Crippen LogP contribution in [0.1, 0.15) is 44.9 Å². The SMILES string of the molecule is O=C1CCC(Nc2ccc(NC(=O)N3CCCCCC3)cc2)CCN1. The van der Waals surface area contributed by atoms with Crippen molar-refractivity contribution in [1.82, 2.24) is 10.2 Å². The van der Waals surface area contributed by atoms with Crippen molar-refractivity contribution in [2.75, 3.05) is 30.3 Å². The van der Waals surface area contributed by atoms with E-state index in [1.54, 1.807) is 0 Å². The largest absolute Gasteiger partial charge is 0.382 e. The summed E-state index contributed by atoms with van der Waals surface area (Å²) in [6, 6.07) is 8.12. The van der Waals surface area contributed by atoms with Gasteiger partial charge in [0.2, 0.25) is 5.91 Å². The van der Waals surface area contributed by atoms with E-state index in [9.17, 15) is 9.59 Å². The molecule has 1 aromatic carbocycles. The topological polar surface area (TPSA) is 73.5 Å². The Balaban J connectivity index is 1.51. The number of nitrogens with zero attached hydrogens (tertiary/aromatic N) is 1. The number of carbonyl (C=O) groups is 2. The number of amides is 3. The summed E-state index contributed by atoms with van der Waals surface area (Å²) in [6.07, 6.45) is 6.96. The summed E-state index contributed by atoms with van der Waals surface area (Å²) >= 11 is 0. The summed E-state index contributed by atoms with van der Waals surface area (Å²) in [4.78, 5) is 25.7. The van der Waals surface area contributed by atoms with Crippen molar-refractivity contribution in [1.29, 1.82) is 0 Å². The van der Waals surface area contributed by atoms with Gasteiger partial charge < -0.3 is 20.9 Å². The smallest absolute Gasteiger partial charge is 0.321 e. The Hall–Kier alpha value is -2.24. The van der Waals surface area contributed by atoms with Crippen molar-refractivity contribution in [3.63, 3.8) is 0 Å². The van der Waals surface area contributed by atoms with Crippen LogP contribution in [0.4, 0.5) is 16.2 Å². The van der Waals surface area contributed by atoms with Crippen LogP contribution >= 0.6 is 0 Å². The highest BCUT2D eigenvalue weighted by Crippen LogP contribution is 2.18. The lowest BCUT2D eigenvalue weighted by Gasteiger charge is -2.21. The molecule has 2 fully saturated rings. The van der Waals surface area contributed by atoms with E-state index in [1.807, 2.05) is 29.2 Å². The number of hydrogen-bond acceptors (Lipinski definition) is 3. The summed E-state index contributed by atoms with van der Waals surface area (Å²) in [7, 11) is 0. The highest BCUT2D eigenvalue weighted by molar-refractivity contribution is 5.89. The zero-order chi connectivity index (χ0) is 17.5. The van der Waals surface area contributed by atoms with Crippen LogP contribution in [-0.4, -0.2) is 42.5 Å². The van der Waals surface area contributed by atoms with Crippen LogP contribution in [0.5, 0.6) is 0 Å². The summed E-state index contributed by atoms with van der Waals surface area (Å²) in [5.74, 6) is 0.135. The minimum absolute atomic E-state index is 0.00374. The molecule has 2 aliphatic heterocycles. The van der Waals surface area contributed by atoms with E-state index in [-0.39, 0.29) is 11.9 Å². The Kier molecular flexibility index (Phi) is 6.14. The van der Waals surface area contributed by atoms with Crippen molar-refractivity contribution >= 4 is 23.3 Å². The molecule has 2 aliphatic rings. The highest BCUT2D eigenvalue weighted by atomic mass is 16.2. The molecule has 25 heavy (non-hydrogen) atoms. The highest BCUT2D eigenvalue weighted by Gasteiger charge is 2.17. The van der Waals surface area contributed by atoms with Gasteiger partial charge in [0.25, 0.3) is 0 Å². The lowest BCUT2D eigenvalue weighted by atomic mass is 10.1. The molecule has 1 atom stereocenters. The maximum atomic E-state index is 12.4. The monoisotopic (exact) mass is 344 g/mol. The first kappa shape index (κ1) is 17.6. The van der Waals surface area contributed by atoms with E-state index in [2.05, 4.69) is 16.0 Å². The third-order valence-corrected chi connectivity index (χ3v) is 4.94. The van der Waals surface area contributed by atoms with Gasteiger partial charge in [-0.2, -0.15) is 0 Å². The molecule has 0 saturated carbocycles. The molecule has 6 nitrogen and oxygen atoms in total. The van der Waals surface area contributed by atoms with E-state index in [4.69, 9.17) is 0 Å². The Morgan fingerprint density at radius 1 is 1.00 bits per heavy atom. The van der Waals surface area contributed by atoms with Crippen LogP contribution in [0.25, 0.3) is 0 Å². The fourth-order valence-corrected chi connectivity index (χ4v) is 3.43. The van der Waals surface area contributed by atoms with Crippen LogP contribution in [0.15, 0.2) is 24.3 Å². The minimum Gasteiger partial charge on any atom is -0.382 e. The zero-order valence-corrected chi connectivity index (χ0v) is 14.7. The van der Waals surface area contributed by atoms with E-state index in [0.29, 0.717) is 12.5 Å². The van der Waals surface area contributed by atoms with Crippen LogP contribution in [0, 0.1) is 0 Å². The molecule has 3 N–H and O–H groups in total. The number of benzene rings is 1. The Morgan fingerprint density at radius 3 is 2.40 bits per heavy atom. The van der Waals surface area contributed by atoms with E-state index in [1.165, 1.54) is 12.8 Å². The molecule has 0 bridgehead atoms. The minimum atomic E-state index is -0.00374. The second-order valence-corrected chi connectivity index (χ2v) is 6.93. The van der Waals surface area contributed by atoms with Crippen LogP contribution < -0.4 is 16.0 Å². The van der Waals surface area contributed by atoms with Crippen molar-refractivity contribution < 1.29 is 9.59 Å². The zero-order valence-electron chi connectivity index (χ0n) is 14.7. The molecule has 0 aromatic heterocycles. The second-order valence-electron chi connectivity index (χ2n) is 6.93. The van der Waals surface area contributed by atoms with Crippen molar-refractivity contribution in [2.24, 2.45) is 0 Å². The average Bonchev–Trinajstić information content (AvgIpc) is 3.00. The molecule has 3 amide bonds. The summed E-state index contributed by atoms with van der Waals surface area (Å²) in [6.45, 7) is 2.42. The third-order valence-electron chi connectivity index (χ3n) is 4.94. The molecule has 6 heteroatoms. The summed E-state index contributed by atoms with van der Waals surface area (Å²) in [5.41, 5.74) is 1.84. The molecular formula is C19H28N4O2. The van der Waals surface area contributed by atoms with Gasteiger partial charge in [-0.05, 0) is 49.9 Å². The van der Waals surface area contributed by atoms with Gasteiger partial charge in [-0.25, -0.2) is 4.79 Å². The maximum absolute atomic E-state index is 12.4. The van der Waals surface area contributed by atoms with Crippen molar-refractivity contribution in [2.45, 2.75) is 51.0 Å². The van der Waals surface area contributed by atoms with Crippen LogP contribution in [0.3, 0.4) is 0 Å². The lowest BCUT2D eigenvalue weighted by molar-refractivity contribution is -0.120. The van der Waals surface area contributed by atoms with Gasteiger partial charge in [-0.1, -0.05) is 12.8 Å². The van der Waals surface area contributed by atoms with Gasteiger partial charge in [-0.3, -0.25) is 4.79 Å². The van der Waals surface area contributed by atoms with Gasteiger partial charge >= 0.3 is 6.03 Å². The number of rotatable bonds is 3. The van der Waals surface area contributed by atoms with Gasteiger partial charge in [0.05, 0.1) is 0 Å². The second kappa shape index (κ2) is 8.74. The molecular weight excluding hydrogens is 316 g/mol. The fourth-order valence-electron chi connectivity index (χ4n) is 3.43. The first-order chi connectivity index (χ1) is 12.2. The molecule has 1 unspecified atom stereocenters. The summed E-state index contributed by atoms with van der Waals surface area (Å²) in [5, 5.41) is 9.36. The van der Waals surface area contributed by atoms with Gasteiger partial charge in [-0.15, -0.1) is 0 Å². The number of nitrogens with one attached hydrogen (secondary N) is 3. The molecule has 0 aliphatic carbocycles. The molecule has 3 rings (SSSR count). The Bertz CT molecular complexity index is 580. The Morgan fingerprint density at radius 2 is 1.68 bits per heavy atom. The maximum Gasteiger partial charge on any atom is 0.321 e. The number of anilines is 2. The normalized spacial score (nSPS) is 21.7. The van der Waals surface area contributed by atoms with Crippen LogP contribution in [0.2, 0.25) is 0 Å². The average molecular weight is 344 g/mol. The van der Waals surface area contributed by atoms with Crippen LogP contribution in [-0.2, 0) is 4.79 Å². The predicted octanol–water partition coefficient (Wildman–Crippen LogP) is 3.18.